The van der Waals surface area contributed by atoms with Gasteiger partial charge in [-0.2, -0.15) is 31.4 Å². The van der Waals surface area contributed by atoms with E-state index in [1.54, 1.807) is 0 Å². The van der Waals surface area contributed by atoms with Gasteiger partial charge in [-0.05, 0) is 18.2 Å². The molecule has 3 aromatic heterocycles. The molecule has 0 bridgehead atoms. The highest BCUT2D eigenvalue weighted by atomic mass is 19.4. The molecular formula is C18H13F6N5O2. The van der Waals surface area contributed by atoms with Crippen molar-refractivity contribution in [3.05, 3.63) is 53.6 Å². The van der Waals surface area contributed by atoms with E-state index in [0.717, 1.165) is 30.2 Å². The van der Waals surface area contributed by atoms with Gasteiger partial charge in [0.05, 0.1) is 12.7 Å². The van der Waals surface area contributed by atoms with Crippen LogP contribution in [0.25, 0.3) is 11.3 Å². The molecule has 0 unspecified atom stereocenters. The lowest BCUT2D eigenvalue weighted by Gasteiger charge is -2.13. The number of amides is 1. The SMILES string of the molecule is COc1ccncc1-c1nn(C)c(NC(=O)c2ccnc(C(F)(F)F)c2)c1C(F)(F)F. The number of halogens is 6. The van der Waals surface area contributed by atoms with E-state index in [1.165, 1.54) is 19.4 Å². The first-order valence-electron chi connectivity index (χ1n) is 8.40. The molecule has 0 aliphatic rings. The highest BCUT2D eigenvalue weighted by molar-refractivity contribution is 6.04. The lowest BCUT2D eigenvalue weighted by atomic mass is 10.1. The Kier molecular flexibility index (Phi) is 5.61. The lowest BCUT2D eigenvalue weighted by Crippen LogP contribution is -2.19. The molecular weight excluding hydrogens is 432 g/mol. The second kappa shape index (κ2) is 7.89. The Bertz CT molecular complexity index is 1120. The second-order valence-corrected chi connectivity index (χ2v) is 6.15. The molecule has 164 valence electrons. The van der Waals surface area contributed by atoms with Gasteiger partial charge in [-0.25, -0.2) is 0 Å². The second-order valence-electron chi connectivity index (χ2n) is 6.15. The molecule has 0 fully saturated rings. The van der Waals surface area contributed by atoms with Crippen LogP contribution in [0.4, 0.5) is 32.2 Å². The lowest BCUT2D eigenvalue weighted by molar-refractivity contribution is -0.141. The summed E-state index contributed by atoms with van der Waals surface area (Å²) >= 11 is 0. The summed E-state index contributed by atoms with van der Waals surface area (Å²) in [5.74, 6) is -1.91. The fourth-order valence-electron chi connectivity index (χ4n) is 2.77. The molecule has 1 N–H and O–H groups in total. The van der Waals surface area contributed by atoms with E-state index in [-0.39, 0.29) is 11.3 Å². The number of hydrogen-bond acceptors (Lipinski definition) is 5. The maximum absolute atomic E-state index is 13.9. The van der Waals surface area contributed by atoms with Gasteiger partial charge >= 0.3 is 12.4 Å². The van der Waals surface area contributed by atoms with Gasteiger partial charge in [0.15, 0.2) is 0 Å². The van der Waals surface area contributed by atoms with Gasteiger partial charge in [-0.3, -0.25) is 19.4 Å². The van der Waals surface area contributed by atoms with Crippen molar-refractivity contribution < 1.29 is 35.9 Å². The number of rotatable bonds is 4. The monoisotopic (exact) mass is 445 g/mol. The standard InChI is InChI=1S/C18H13F6N5O2/c1-29-15(27-16(30)9-3-6-26-12(7-9)17(19,20)21)13(18(22,23)24)14(28-29)10-8-25-5-4-11(10)31-2/h3-8H,1-2H3,(H,27,30). The van der Waals surface area contributed by atoms with Crippen LogP contribution in [-0.4, -0.2) is 32.8 Å². The minimum Gasteiger partial charge on any atom is -0.496 e. The minimum atomic E-state index is -4.97. The topological polar surface area (TPSA) is 81.9 Å². The van der Waals surface area contributed by atoms with E-state index < -0.39 is 46.6 Å². The normalized spacial score (nSPS) is 12.0. The van der Waals surface area contributed by atoms with E-state index in [1.807, 2.05) is 5.32 Å². The molecule has 0 aromatic carbocycles. The van der Waals surface area contributed by atoms with Gasteiger partial charge in [0.2, 0.25) is 0 Å². The summed E-state index contributed by atoms with van der Waals surface area (Å²) in [5.41, 5.74) is -3.85. The van der Waals surface area contributed by atoms with E-state index in [4.69, 9.17) is 4.74 Å². The van der Waals surface area contributed by atoms with Crippen LogP contribution in [0.3, 0.4) is 0 Å². The zero-order chi connectivity index (χ0) is 23.0. The Labute approximate surface area is 170 Å². The molecule has 0 saturated heterocycles. The van der Waals surface area contributed by atoms with Gasteiger partial charge in [-0.1, -0.05) is 0 Å². The van der Waals surface area contributed by atoms with Gasteiger partial charge in [0.25, 0.3) is 5.91 Å². The first-order valence-corrected chi connectivity index (χ1v) is 8.40. The summed E-state index contributed by atoms with van der Waals surface area (Å²) in [4.78, 5) is 19.3. The predicted octanol–water partition coefficient (Wildman–Crippen LogP) is 4.18. The van der Waals surface area contributed by atoms with Gasteiger partial charge in [0.1, 0.15) is 28.5 Å². The molecule has 0 radical (unpaired) electrons. The predicted molar refractivity (Wildman–Crippen MR) is 95.2 cm³/mol. The van der Waals surface area contributed by atoms with Crippen LogP contribution in [0.1, 0.15) is 21.6 Å². The summed E-state index contributed by atoms with van der Waals surface area (Å²) in [6.07, 6.45) is -6.65. The molecule has 0 aliphatic carbocycles. The Balaban J connectivity index is 2.09. The number of aromatic nitrogens is 4. The molecule has 3 heterocycles. The first kappa shape index (κ1) is 22.1. The van der Waals surface area contributed by atoms with Crippen molar-refractivity contribution in [3.8, 4) is 17.0 Å². The fourth-order valence-corrected chi connectivity index (χ4v) is 2.77. The van der Waals surface area contributed by atoms with E-state index >= 15 is 0 Å². The van der Waals surface area contributed by atoms with Crippen LogP contribution in [-0.2, 0) is 19.4 Å². The number of ether oxygens (including phenoxy) is 1. The number of methoxy groups -OCH3 is 1. The number of pyridine rings is 2. The molecule has 13 heteroatoms. The molecule has 31 heavy (non-hydrogen) atoms. The van der Waals surface area contributed by atoms with Crippen LogP contribution in [0.15, 0.2) is 36.8 Å². The van der Waals surface area contributed by atoms with Crippen LogP contribution >= 0.6 is 0 Å². The highest BCUT2D eigenvalue weighted by Gasteiger charge is 2.41. The fraction of sp³-hybridized carbons (Fsp3) is 0.222. The molecule has 1 amide bonds. The average molecular weight is 445 g/mol. The first-order chi connectivity index (χ1) is 14.4. The van der Waals surface area contributed by atoms with Crippen molar-refractivity contribution in [2.45, 2.75) is 12.4 Å². The van der Waals surface area contributed by atoms with Crippen molar-refractivity contribution in [3.63, 3.8) is 0 Å². The van der Waals surface area contributed by atoms with Crippen LogP contribution in [0, 0.1) is 0 Å². The Morgan fingerprint density at radius 3 is 2.42 bits per heavy atom. The number of anilines is 1. The number of alkyl halides is 6. The van der Waals surface area contributed by atoms with E-state index in [0.29, 0.717) is 6.07 Å². The van der Waals surface area contributed by atoms with Crippen molar-refractivity contribution in [2.24, 2.45) is 7.05 Å². The van der Waals surface area contributed by atoms with Crippen molar-refractivity contribution >= 4 is 11.7 Å². The van der Waals surface area contributed by atoms with Crippen LogP contribution in [0.5, 0.6) is 5.75 Å². The number of aryl methyl sites for hydroxylation is 1. The minimum absolute atomic E-state index is 0.0560. The van der Waals surface area contributed by atoms with Gasteiger partial charge in [-0.15, -0.1) is 0 Å². The third-order valence-electron chi connectivity index (χ3n) is 4.13. The number of carbonyl (C=O) groups is 1. The molecule has 3 rings (SSSR count). The molecule has 3 aromatic rings. The Morgan fingerprint density at radius 2 is 1.81 bits per heavy atom. The third-order valence-corrected chi connectivity index (χ3v) is 4.13. The van der Waals surface area contributed by atoms with Crippen molar-refractivity contribution in [1.29, 1.82) is 0 Å². The zero-order valence-electron chi connectivity index (χ0n) is 15.8. The molecule has 7 nitrogen and oxygen atoms in total. The number of hydrogen-bond donors (Lipinski definition) is 1. The number of carbonyl (C=O) groups excluding carboxylic acids is 1. The number of nitrogens with one attached hydrogen (secondary N) is 1. The van der Waals surface area contributed by atoms with Gasteiger partial charge in [0, 0.05) is 31.2 Å². The maximum Gasteiger partial charge on any atom is 0.433 e. The Morgan fingerprint density at radius 1 is 1.10 bits per heavy atom. The molecule has 0 spiro atoms. The Hall–Kier alpha value is -3.64. The largest absolute Gasteiger partial charge is 0.496 e. The van der Waals surface area contributed by atoms with E-state index in [2.05, 4.69) is 15.1 Å². The maximum atomic E-state index is 13.9. The third kappa shape index (κ3) is 4.44. The van der Waals surface area contributed by atoms with Crippen LogP contribution in [0.2, 0.25) is 0 Å². The molecule has 0 aliphatic heterocycles. The smallest absolute Gasteiger partial charge is 0.433 e. The summed E-state index contributed by atoms with van der Waals surface area (Å²) in [6.45, 7) is 0. The summed E-state index contributed by atoms with van der Waals surface area (Å²) < 4.78 is 86.0. The summed E-state index contributed by atoms with van der Waals surface area (Å²) in [6, 6.07) is 2.71. The van der Waals surface area contributed by atoms with Crippen molar-refractivity contribution in [2.75, 3.05) is 12.4 Å². The van der Waals surface area contributed by atoms with E-state index in [9.17, 15) is 31.1 Å². The number of nitrogens with zero attached hydrogens (tertiary/aromatic N) is 4. The summed E-state index contributed by atoms with van der Waals surface area (Å²) in [7, 11) is 2.39. The van der Waals surface area contributed by atoms with Crippen molar-refractivity contribution in [1.82, 2.24) is 19.7 Å². The molecule has 0 saturated carbocycles. The van der Waals surface area contributed by atoms with Gasteiger partial charge < -0.3 is 10.1 Å². The molecule has 0 atom stereocenters. The quantitative estimate of drug-likeness (QED) is 0.610. The average Bonchev–Trinajstić information content (AvgIpc) is 3.03. The highest BCUT2D eigenvalue weighted by Crippen LogP contribution is 2.43. The summed E-state index contributed by atoms with van der Waals surface area (Å²) in [5, 5.41) is 5.82. The van der Waals surface area contributed by atoms with Crippen LogP contribution < -0.4 is 10.1 Å². The zero-order valence-corrected chi connectivity index (χ0v) is 15.8.